The smallest absolute Gasteiger partial charge is 0.108 e. The molecule has 0 aliphatic rings. The van der Waals surface area contributed by atoms with Crippen molar-refractivity contribution in [2.45, 2.75) is 46.0 Å². The van der Waals surface area contributed by atoms with Crippen molar-refractivity contribution in [3.8, 4) is 0 Å². The minimum Gasteiger partial charge on any atom is -0.403 e. The van der Waals surface area contributed by atoms with Crippen LogP contribution in [0.2, 0.25) is 0 Å². The number of aliphatic hydroxyl groups excluding tert-OH is 1. The van der Waals surface area contributed by atoms with Crippen molar-refractivity contribution in [3.05, 3.63) is 0 Å². The van der Waals surface area contributed by atoms with Gasteiger partial charge in [0.1, 0.15) is 7.85 Å². The van der Waals surface area contributed by atoms with Crippen LogP contribution in [-0.4, -0.2) is 19.0 Å². The van der Waals surface area contributed by atoms with Gasteiger partial charge in [0.05, 0.1) is 0 Å². The van der Waals surface area contributed by atoms with E-state index < -0.39 is 6.00 Å². The molecular formula is C9H19BO. The Morgan fingerprint density at radius 2 is 1.91 bits per heavy atom. The summed E-state index contributed by atoms with van der Waals surface area (Å²) in [7, 11) is 5.40. The molecule has 0 bridgehead atoms. The summed E-state index contributed by atoms with van der Waals surface area (Å²) in [6, 6.07) is -0.647. The molecule has 11 heavy (non-hydrogen) atoms. The Morgan fingerprint density at radius 1 is 1.36 bits per heavy atom. The molecule has 0 aromatic heterocycles. The van der Waals surface area contributed by atoms with Crippen LogP contribution in [0.15, 0.2) is 0 Å². The summed E-state index contributed by atoms with van der Waals surface area (Å²) < 4.78 is 0. The molecule has 0 saturated heterocycles. The van der Waals surface area contributed by atoms with Gasteiger partial charge in [-0.1, -0.05) is 40.0 Å². The average molecular weight is 154 g/mol. The average Bonchev–Trinajstić information content (AvgIpc) is 1.98. The first-order chi connectivity index (χ1) is 5.13. The van der Waals surface area contributed by atoms with Gasteiger partial charge in [-0.05, 0) is 11.8 Å². The molecule has 0 aliphatic carbocycles. The Kier molecular flexibility index (Phi) is 5.66. The van der Waals surface area contributed by atoms with Gasteiger partial charge >= 0.3 is 0 Å². The summed E-state index contributed by atoms with van der Waals surface area (Å²) in [6.07, 6.45) is 3.46. The molecule has 0 saturated carbocycles. The lowest BCUT2D eigenvalue weighted by Crippen LogP contribution is -2.25. The normalized spacial score (nSPS) is 19.3. The second-order valence-electron chi connectivity index (χ2n) is 3.31. The molecule has 0 heterocycles. The highest BCUT2D eigenvalue weighted by Crippen LogP contribution is 2.22. The van der Waals surface area contributed by atoms with E-state index in [1.165, 1.54) is 12.8 Å². The molecule has 2 heteroatoms. The van der Waals surface area contributed by atoms with Crippen LogP contribution < -0.4 is 0 Å². The quantitative estimate of drug-likeness (QED) is 0.600. The fraction of sp³-hybridized carbons (Fsp3) is 1.00. The second kappa shape index (κ2) is 5.65. The Bertz CT molecular complexity index is 93.6. The zero-order valence-electron chi connectivity index (χ0n) is 7.88. The van der Waals surface area contributed by atoms with Crippen molar-refractivity contribution in [2.75, 3.05) is 0 Å². The Morgan fingerprint density at radius 3 is 2.18 bits per heavy atom. The van der Waals surface area contributed by atoms with Crippen molar-refractivity contribution in [1.29, 1.82) is 0 Å². The highest BCUT2D eigenvalue weighted by molar-refractivity contribution is 6.10. The lowest BCUT2D eigenvalue weighted by molar-refractivity contribution is 0.142. The zero-order chi connectivity index (χ0) is 8.85. The molecule has 0 amide bonds. The molecule has 3 atom stereocenters. The number of rotatable bonds is 5. The van der Waals surface area contributed by atoms with E-state index in [2.05, 4.69) is 13.8 Å². The van der Waals surface area contributed by atoms with Crippen LogP contribution >= 0.6 is 0 Å². The van der Waals surface area contributed by atoms with Crippen molar-refractivity contribution in [1.82, 2.24) is 0 Å². The van der Waals surface area contributed by atoms with Gasteiger partial charge < -0.3 is 5.11 Å². The first-order valence-electron chi connectivity index (χ1n) is 4.57. The van der Waals surface area contributed by atoms with Gasteiger partial charge in [0, 0.05) is 6.00 Å². The maximum Gasteiger partial charge on any atom is 0.108 e. The molecule has 1 nitrogen and oxygen atoms in total. The largest absolute Gasteiger partial charge is 0.403 e. The maximum atomic E-state index is 9.13. The van der Waals surface area contributed by atoms with Crippen LogP contribution in [0.3, 0.4) is 0 Å². The third-order valence-corrected chi connectivity index (χ3v) is 2.47. The summed E-state index contributed by atoms with van der Waals surface area (Å²) in [5.74, 6) is 0.819. The molecule has 0 spiro atoms. The van der Waals surface area contributed by atoms with Crippen LogP contribution in [0.4, 0.5) is 0 Å². The summed E-state index contributed by atoms with van der Waals surface area (Å²) in [5, 5.41) is 9.13. The predicted octanol–water partition coefficient (Wildman–Crippen LogP) is 1.94. The first-order valence-corrected chi connectivity index (χ1v) is 4.57. The van der Waals surface area contributed by atoms with Gasteiger partial charge in [-0.2, -0.15) is 0 Å². The Balaban J connectivity index is 3.81. The van der Waals surface area contributed by atoms with Crippen LogP contribution in [-0.2, 0) is 0 Å². The summed E-state index contributed by atoms with van der Waals surface area (Å²) >= 11 is 0. The molecule has 2 radical (unpaired) electrons. The van der Waals surface area contributed by atoms with Gasteiger partial charge in [0.2, 0.25) is 0 Å². The first kappa shape index (κ1) is 11.0. The van der Waals surface area contributed by atoms with E-state index in [0.29, 0.717) is 5.92 Å². The van der Waals surface area contributed by atoms with E-state index in [4.69, 9.17) is 13.0 Å². The molecule has 0 aromatic rings. The van der Waals surface area contributed by atoms with Crippen molar-refractivity contribution >= 4 is 7.85 Å². The van der Waals surface area contributed by atoms with E-state index in [1.807, 2.05) is 6.92 Å². The molecule has 3 unspecified atom stereocenters. The number of hydrogen-bond donors (Lipinski definition) is 1. The number of aliphatic hydroxyl groups is 1. The lowest BCUT2D eigenvalue weighted by Gasteiger charge is -2.24. The maximum absolute atomic E-state index is 9.13. The second-order valence-corrected chi connectivity index (χ2v) is 3.31. The standard InChI is InChI=1S/C9H19BO/c1-4-6-8(5-2)7(3)9(10)11/h7-9,11H,4-6H2,1-3H3. The summed E-state index contributed by atoms with van der Waals surface area (Å²) in [4.78, 5) is 0. The Hall–Kier alpha value is 0.0249. The fourth-order valence-corrected chi connectivity index (χ4v) is 1.49. The van der Waals surface area contributed by atoms with E-state index in [9.17, 15) is 0 Å². The fourth-order valence-electron chi connectivity index (χ4n) is 1.49. The van der Waals surface area contributed by atoms with Gasteiger partial charge in [-0.25, -0.2) is 0 Å². The van der Waals surface area contributed by atoms with Crippen LogP contribution in [0.25, 0.3) is 0 Å². The minimum absolute atomic E-state index is 0.236. The lowest BCUT2D eigenvalue weighted by atomic mass is 9.77. The van der Waals surface area contributed by atoms with Gasteiger partial charge in [-0.15, -0.1) is 0 Å². The molecule has 64 valence electrons. The molecule has 0 aliphatic heterocycles. The summed E-state index contributed by atoms with van der Waals surface area (Å²) in [6.45, 7) is 6.34. The Labute approximate surface area is 71.6 Å². The topological polar surface area (TPSA) is 20.2 Å². The zero-order valence-corrected chi connectivity index (χ0v) is 7.88. The minimum atomic E-state index is -0.647. The van der Waals surface area contributed by atoms with Crippen LogP contribution in [0.1, 0.15) is 40.0 Å². The van der Waals surface area contributed by atoms with Crippen molar-refractivity contribution in [2.24, 2.45) is 11.8 Å². The monoisotopic (exact) mass is 154 g/mol. The van der Waals surface area contributed by atoms with E-state index in [-0.39, 0.29) is 5.92 Å². The third-order valence-electron chi connectivity index (χ3n) is 2.47. The van der Waals surface area contributed by atoms with Gasteiger partial charge in [0.15, 0.2) is 0 Å². The predicted molar refractivity (Wildman–Crippen MR) is 49.6 cm³/mol. The van der Waals surface area contributed by atoms with Crippen LogP contribution in [0.5, 0.6) is 0 Å². The van der Waals surface area contributed by atoms with E-state index >= 15 is 0 Å². The molecule has 0 aromatic carbocycles. The SMILES string of the molecule is [B]C(O)C(C)C(CC)CCC. The van der Waals surface area contributed by atoms with Gasteiger partial charge in [-0.3, -0.25) is 0 Å². The van der Waals surface area contributed by atoms with Crippen molar-refractivity contribution in [3.63, 3.8) is 0 Å². The molecule has 1 N–H and O–H groups in total. The third kappa shape index (κ3) is 3.81. The molecule has 0 fully saturated rings. The van der Waals surface area contributed by atoms with E-state index in [0.717, 1.165) is 6.42 Å². The van der Waals surface area contributed by atoms with E-state index in [1.54, 1.807) is 0 Å². The highest BCUT2D eigenvalue weighted by atomic mass is 16.3. The van der Waals surface area contributed by atoms with Gasteiger partial charge in [0.25, 0.3) is 0 Å². The number of hydrogen-bond acceptors (Lipinski definition) is 1. The summed E-state index contributed by atoms with van der Waals surface area (Å²) in [5.41, 5.74) is 0. The highest BCUT2D eigenvalue weighted by Gasteiger charge is 2.17. The van der Waals surface area contributed by atoms with Crippen LogP contribution in [0, 0.1) is 11.8 Å². The molecule has 0 rings (SSSR count). The van der Waals surface area contributed by atoms with Crippen molar-refractivity contribution < 1.29 is 5.11 Å². The molecular weight excluding hydrogens is 135 g/mol.